The lowest BCUT2D eigenvalue weighted by Crippen LogP contribution is -2.48. The van der Waals surface area contributed by atoms with Gasteiger partial charge in [-0.25, -0.2) is 0 Å². The lowest BCUT2D eigenvalue weighted by molar-refractivity contribution is -0.129. The highest BCUT2D eigenvalue weighted by atomic mass is 16.2. The molecule has 0 radical (unpaired) electrons. The van der Waals surface area contributed by atoms with Crippen molar-refractivity contribution in [3.8, 4) is 0 Å². The Hall–Kier alpha value is -1.71. The summed E-state index contributed by atoms with van der Waals surface area (Å²) in [4.78, 5) is 18.2. The van der Waals surface area contributed by atoms with Crippen molar-refractivity contribution in [2.75, 3.05) is 49.1 Å². The minimum atomic E-state index is 0.190. The maximum Gasteiger partial charge on any atom is 0.219 e. The van der Waals surface area contributed by atoms with Gasteiger partial charge < -0.3 is 14.7 Å². The Bertz CT molecular complexity index is 471. The first-order chi connectivity index (χ1) is 10.2. The Morgan fingerprint density at radius 2 is 1.24 bits per heavy atom. The summed E-state index contributed by atoms with van der Waals surface area (Å²) in [6.45, 7) is 7.58. The van der Waals surface area contributed by atoms with Gasteiger partial charge in [0.25, 0.3) is 0 Å². The Labute approximate surface area is 127 Å². The first-order valence-electron chi connectivity index (χ1n) is 8.09. The van der Waals surface area contributed by atoms with Crippen LogP contribution in [0.5, 0.6) is 0 Å². The number of piperazine rings is 1. The molecule has 4 nitrogen and oxygen atoms in total. The molecule has 0 spiro atoms. The highest BCUT2D eigenvalue weighted by Crippen LogP contribution is 2.24. The summed E-state index contributed by atoms with van der Waals surface area (Å²) in [5.41, 5.74) is 2.62. The highest BCUT2D eigenvalue weighted by molar-refractivity contribution is 5.73. The van der Waals surface area contributed by atoms with Crippen LogP contribution < -0.4 is 9.80 Å². The molecule has 0 atom stereocenters. The summed E-state index contributed by atoms with van der Waals surface area (Å²) in [6, 6.07) is 8.96. The maximum absolute atomic E-state index is 11.4. The summed E-state index contributed by atoms with van der Waals surface area (Å²) in [7, 11) is 0. The molecule has 2 saturated heterocycles. The molecule has 1 amide bonds. The predicted octanol–water partition coefficient (Wildman–Crippen LogP) is 2.35. The minimum Gasteiger partial charge on any atom is -0.372 e. The molecule has 2 aliphatic rings. The van der Waals surface area contributed by atoms with E-state index in [0.29, 0.717) is 0 Å². The van der Waals surface area contributed by atoms with E-state index in [9.17, 15) is 4.79 Å². The topological polar surface area (TPSA) is 26.8 Å². The normalized spacial score (nSPS) is 19.8. The highest BCUT2D eigenvalue weighted by Gasteiger charge is 2.19. The smallest absolute Gasteiger partial charge is 0.219 e. The average Bonchev–Trinajstić information content (AvgIpc) is 2.56. The molecule has 0 bridgehead atoms. The van der Waals surface area contributed by atoms with Gasteiger partial charge in [-0.2, -0.15) is 0 Å². The molecule has 1 aromatic rings. The van der Waals surface area contributed by atoms with Crippen LogP contribution in [-0.2, 0) is 4.79 Å². The van der Waals surface area contributed by atoms with Gasteiger partial charge in [0.1, 0.15) is 0 Å². The first-order valence-corrected chi connectivity index (χ1v) is 8.09. The van der Waals surface area contributed by atoms with Gasteiger partial charge >= 0.3 is 0 Å². The van der Waals surface area contributed by atoms with Crippen LogP contribution in [0.25, 0.3) is 0 Å². The Morgan fingerprint density at radius 3 is 1.71 bits per heavy atom. The predicted molar refractivity (Wildman–Crippen MR) is 87.0 cm³/mol. The van der Waals surface area contributed by atoms with E-state index >= 15 is 0 Å². The van der Waals surface area contributed by atoms with Gasteiger partial charge in [-0.3, -0.25) is 4.79 Å². The summed E-state index contributed by atoms with van der Waals surface area (Å²) in [6.07, 6.45) is 4.00. The van der Waals surface area contributed by atoms with Gasteiger partial charge in [0.05, 0.1) is 0 Å². The summed E-state index contributed by atoms with van der Waals surface area (Å²) in [5.74, 6) is 0.190. The zero-order valence-electron chi connectivity index (χ0n) is 12.9. The number of carbonyl (C=O) groups excluding carboxylic acids is 1. The van der Waals surface area contributed by atoms with E-state index in [1.807, 2.05) is 4.90 Å². The van der Waals surface area contributed by atoms with Gasteiger partial charge in [-0.1, -0.05) is 0 Å². The first kappa shape index (κ1) is 14.2. The summed E-state index contributed by atoms with van der Waals surface area (Å²) in [5, 5.41) is 0. The second-order valence-corrected chi connectivity index (χ2v) is 6.06. The van der Waals surface area contributed by atoms with Crippen LogP contribution in [0, 0.1) is 0 Å². The third-order valence-electron chi connectivity index (χ3n) is 4.66. The van der Waals surface area contributed by atoms with E-state index in [2.05, 4.69) is 34.1 Å². The van der Waals surface area contributed by atoms with E-state index in [4.69, 9.17) is 0 Å². The molecule has 1 aromatic carbocycles. The molecular formula is C17H25N3O. The Morgan fingerprint density at radius 1 is 0.762 bits per heavy atom. The van der Waals surface area contributed by atoms with Crippen molar-refractivity contribution in [1.82, 2.24) is 4.90 Å². The van der Waals surface area contributed by atoms with Crippen molar-refractivity contribution >= 4 is 17.3 Å². The van der Waals surface area contributed by atoms with E-state index in [1.165, 1.54) is 43.7 Å². The second kappa shape index (κ2) is 6.37. The molecule has 2 fully saturated rings. The molecule has 21 heavy (non-hydrogen) atoms. The van der Waals surface area contributed by atoms with Crippen molar-refractivity contribution in [3.05, 3.63) is 24.3 Å². The number of piperidine rings is 1. The zero-order valence-corrected chi connectivity index (χ0v) is 12.9. The van der Waals surface area contributed by atoms with Crippen molar-refractivity contribution in [3.63, 3.8) is 0 Å². The number of nitrogens with zero attached hydrogens (tertiary/aromatic N) is 3. The SMILES string of the molecule is CC(=O)N1CCN(c2ccc(N3CCCCC3)cc2)CC1. The minimum absolute atomic E-state index is 0.190. The van der Waals surface area contributed by atoms with Crippen LogP contribution in [0.15, 0.2) is 24.3 Å². The van der Waals surface area contributed by atoms with Gasteiger partial charge in [-0.05, 0) is 43.5 Å². The molecule has 2 heterocycles. The van der Waals surface area contributed by atoms with Crippen LogP contribution in [0.2, 0.25) is 0 Å². The molecule has 4 heteroatoms. The fourth-order valence-electron chi connectivity index (χ4n) is 3.31. The van der Waals surface area contributed by atoms with Crippen molar-refractivity contribution in [1.29, 1.82) is 0 Å². The number of benzene rings is 1. The van der Waals surface area contributed by atoms with E-state index in [0.717, 1.165) is 26.2 Å². The van der Waals surface area contributed by atoms with Gasteiger partial charge in [0, 0.05) is 57.6 Å². The largest absolute Gasteiger partial charge is 0.372 e. The molecule has 0 aromatic heterocycles. The second-order valence-electron chi connectivity index (χ2n) is 6.06. The average molecular weight is 287 g/mol. The number of hydrogen-bond donors (Lipinski definition) is 0. The van der Waals surface area contributed by atoms with Gasteiger partial charge in [-0.15, -0.1) is 0 Å². The van der Waals surface area contributed by atoms with Crippen LogP contribution in [0.4, 0.5) is 11.4 Å². The third kappa shape index (κ3) is 3.31. The van der Waals surface area contributed by atoms with E-state index in [-0.39, 0.29) is 5.91 Å². The van der Waals surface area contributed by atoms with Crippen molar-refractivity contribution < 1.29 is 4.79 Å². The molecule has 114 valence electrons. The Kier molecular flexibility index (Phi) is 4.32. The van der Waals surface area contributed by atoms with Crippen molar-refractivity contribution in [2.24, 2.45) is 0 Å². The Balaban J connectivity index is 1.61. The number of amides is 1. The number of rotatable bonds is 2. The molecule has 0 saturated carbocycles. The molecule has 2 aliphatic heterocycles. The monoisotopic (exact) mass is 287 g/mol. The molecular weight excluding hydrogens is 262 g/mol. The van der Waals surface area contributed by atoms with Crippen LogP contribution in [-0.4, -0.2) is 50.1 Å². The quantitative estimate of drug-likeness (QED) is 0.835. The van der Waals surface area contributed by atoms with Crippen LogP contribution in [0.3, 0.4) is 0 Å². The maximum atomic E-state index is 11.4. The lowest BCUT2D eigenvalue weighted by atomic mass is 10.1. The molecule has 3 rings (SSSR count). The molecule has 0 aliphatic carbocycles. The zero-order chi connectivity index (χ0) is 14.7. The number of carbonyl (C=O) groups is 1. The van der Waals surface area contributed by atoms with E-state index < -0.39 is 0 Å². The van der Waals surface area contributed by atoms with Gasteiger partial charge in [0.15, 0.2) is 0 Å². The molecule has 0 N–H and O–H groups in total. The van der Waals surface area contributed by atoms with E-state index in [1.54, 1.807) is 6.92 Å². The molecule has 0 unspecified atom stereocenters. The number of hydrogen-bond acceptors (Lipinski definition) is 3. The van der Waals surface area contributed by atoms with Crippen LogP contribution in [0.1, 0.15) is 26.2 Å². The summed E-state index contributed by atoms with van der Waals surface area (Å²) >= 11 is 0. The fraction of sp³-hybridized carbons (Fsp3) is 0.588. The third-order valence-corrected chi connectivity index (χ3v) is 4.66. The standard InChI is InChI=1S/C17H25N3O/c1-15(21)18-11-13-20(14-12-18)17-7-5-16(6-8-17)19-9-3-2-4-10-19/h5-8H,2-4,9-14H2,1H3. The fourth-order valence-corrected chi connectivity index (χ4v) is 3.31. The van der Waals surface area contributed by atoms with Crippen molar-refractivity contribution in [2.45, 2.75) is 26.2 Å². The summed E-state index contributed by atoms with van der Waals surface area (Å²) < 4.78 is 0. The van der Waals surface area contributed by atoms with Crippen LogP contribution >= 0.6 is 0 Å². The number of anilines is 2. The van der Waals surface area contributed by atoms with Gasteiger partial charge in [0.2, 0.25) is 5.91 Å². The lowest BCUT2D eigenvalue weighted by Gasteiger charge is -2.36.